The minimum absolute atomic E-state index is 0.123. The maximum absolute atomic E-state index is 13.4. The Morgan fingerprint density at radius 3 is 2.80 bits per heavy atom. The maximum Gasteiger partial charge on any atom is 0.142 e. The van der Waals surface area contributed by atoms with E-state index in [0.717, 1.165) is 25.1 Å². The zero-order valence-corrected chi connectivity index (χ0v) is 12.5. The number of hydrogen-bond acceptors (Lipinski definition) is 2. The Kier molecular flexibility index (Phi) is 5.21. The Labute approximate surface area is 123 Å². The van der Waals surface area contributed by atoms with E-state index >= 15 is 0 Å². The van der Waals surface area contributed by atoms with Crippen LogP contribution < -0.4 is 5.32 Å². The summed E-state index contributed by atoms with van der Waals surface area (Å²) in [5.41, 5.74) is 0.701. The first-order chi connectivity index (χ1) is 9.60. The highest BCUT2D eigenvalue weighted by Crippen LogP contribution is 2.26. The van der Waals surface area contributed by atoms with Crippen LogP contribution in [0.5, 0.6) is 0 Å². The van der Waals surface area contributed by atoms with Crippen molar-refractivity contribution in [3.05, 3.63) is 46.9 Å². The standard InChI is InChI=1S/C16H19ClFNO/c1-3-8-19-11(2)9-13-5-7-16(20-13)12-4-6-14(17)15(18)10-12/h4-7,10-11,19H,3,8-9H2,1-2H3. The predicted octanol–water partition coefficient (Wildman–Crippen LogP) is 4.67. The molecule has 0 amide bonds. The third kappa shape index (κ3) is 3.84. The fourth-order valence-corrected chi connectivity index (χ4v) is 2.17. The Morgan fingerprint density at radius 1 is 1.30 bits per heavy atom. The summed E-state index contributed by atoms with van der Waals surface area (Å²) in [7, 11) is 0. The predicted molar refractivity (Wildman–Crippen MR) is 80.6 cm³/mol. The Bertz CT molecular complexity index is 567. The van der Waals surface area contributed by atoms with Crippen LogP contribution in [-0.4, -0.2) is 12.6 Å². The van der Waals surface area contributed by atoms with Crippen LogP contribution >= 0.6 is 11.6 Å². The van der Waals surface area contributed by atoms with Gasteiger partial charge in [0, 0.05) is 18.0 Å². The van der Waals surface area contributed by atoms with Crippen molar-refractivity contribution >= 4 is 11.6 Å². The molecule has 1 unspecified atom stereocenters. The lowest BCUT2D eigenvalue weighted by molar-refractivity contribution is 0.464. The molecule has 0 aliphatic heterocycles. The zero-order valence-electron chi connectivity index (χ0n) is 11.7. The van der Waals surface area contributed by atoms with Gasteiger partial charge in [0.05, 0.1) is 5.02 Å². The lowest BCUT2D eigenvalue weighted by atomic mass is 10.1. The topological polar surface area (TPSA) is 25.2 Å². The smallest absolute Gasteiger partial charge is 0.142 e. The SMILES string of the molecule is CCCNC(C)Cc1ccc(-c2ccc(Cl)c(F)c2)o1. The largest absolute Gasteiger partial charge is 0.461 e. The molecular formula is C16H19ClFNO. The van der Waals surface area contributed by atoms with Crippen LogP contribution in [0.1, 0.15) is 26.0 Å². The second kappa shape index (κ2) is 6.91. The van der Waals surface area contributed by atoms with Crippen LogP contribution in [0.15, 0.2) is 34.7 Å². The summed E-state index contributed by atoms with van der Waals surface area (Å²) in [6, 6.07) is 8.85. The summed E-state index contributed by atoms with van der Waals surface area (Å²) >= 11 is 5.68. The summed E-state index contributed by atoms with van der Waals surface area (Å²) in [4.78, 5) is 0. The van der Waals surface area contributed by atoms with Crippen LogP contribution in [0.25, 0.3) is 11.3 Å². The average molecular weight is 296 g/mol. The van der Waals surface area contributed by atoms with Gasteiger partial charge < -0.3 is 9.73 Å². The molecule has 1 atom stereocenters. The van der Waals surface area contributed by atoms with E-state index in [-0.39, 0.29) is 5.02 Å². The van der Waals surface area contributed by atoms with Crippen LogP contribution in [-0.2, 0) is 6.42 Å². The Morgan fingerprint density at radius 2 is 2.10 bits per heavy atom. The van der Waals surface area contributed by atoms with E-state index in [1.165, 1.54) is 6.07 Å². The van der Waals surface area contributed by atoms with Crippen molar-refractivity contribution in [2.24, 2.45) is 0 Å². The maximum atomic E-state index is 13.4. The number of nitrogens with one attached hydrogen (secondary N) is 1. The van der Waals surface area contributed by atoms with Gasteiger partial charge in [-0.2, -0.15) is 0 Å². The van der Waals surface area contributed by atoms with Gasteiger partial charge in [0.25, 0.3) is 0 Å². The second-order valence-electron chi connectivity index (χ2n) is 4.95. The average Bonchev–Trinajstić information content (AvgIpc) is 2.88. The van der Waals surface area contributed by atoms with Crippen molar-refractivity contribution in [3.63, 3.8) is 0 Å². The summed E-state index contributed by atoms with van der Waals surface area (Å²) in [6.07, 6.45) is 1.92. The van der Waals surface area contributed by atoms with E-state index in [9.17, 15) is 4.39 Å². The summed E-state index contributed by atoms with van der Waals surface area (Å²) < 4.78 is 19.2. The van der Waals surface area contributed by atoms with E-state index in [4.69, 9.17) is 16.0 Å². The molecule has 0 spiro atoms. The molecule has 1 aromatic carbocycles. The fraction of sp³-hybridized carbons (Fsp3) is 0.375. The van der Waals surface area contributed by atoms with E-state index in [0.29, 0.717) is 17.4 Å². The molecule has 0 saturated carbocycles. The van der Waals surface area contributed by atoms with Gasteiger partial charge in [0.15, 0.2) is 0 Å². The van der Waals surface area contributed by atoms with Crippen molar-refractivity contribution in [2.75, 3.05) is 6.54 Å². The molecule has 1 heterocycles. The van der Waals surface area contributed by atoms with Crippen LogP contribution in [0.2, 0.25) is 5.02 Å². The molecule has 20 heavy (non-hydrogen) atoms. The van der Waals surface area contributed by atoms with E-state index < -0.39 is 5.82 Å². The van der Waals surface area contributed by atoms with Crippen molar-refractivity contribution in [1.82, 2.24) is 5.32 Å². The number of halogens is 2. The highest BCUT2D eigenvalue weighted by atomic mass is 35.5. The van der Waals surface area contributed by atoms with Crippen molar-refractivity contribution in [2.45, 2.75) is 32.7 Å². The van der Waals surface area contributed by atoms with Gasteiger partial charge in [-0.3, -0.25) is 0 Å². The molecule has 0 fully saturated rings. The number of benzene rings is 1. The van der Waals surface area contributed by atoms with Crippen LogP contribution in [0.4, 0.5) is 4.39 Å². The first kappa shape index (κ1) is 15.1. The van der Waals surface area contributed by atoms with Gasteiger partial charge in [0.2, 0.25) is 0 Å². The third-order valence-electron chi connectivity index (χ3n) is 3.12. The molecule has 1 aromatic heterocycles. The molecule has 2 rings (SSSR count). The number of rotatable bonds is 6. The van der Waals surface area contributed by atoms with E-state index in [2.05, 4.69) is 19.2 Å². The molecule has 4 heteroatoms. The summed E-state index contributed by atoms with van der Waals surface area (Å²) in [5.74, 6) is 1.13. The van der Waals surface area contributed by atoms with Crippen molar-refractivity contribution in [1.29, 1.82) is 0 Å². The normalized spacial score (nSPS) is 12.6. The first-order valence-electron chi connectivity index (χ1n) is 6.87. The lowest BCUT2D eigenvalue weighted by Crippen LogP contribution is -2.28. The van der Waals surface area contributed by atoms with Gasteiger partial charge in [-0.15, -0.1) is 0 Å². The minimum Gasteiger partial charge on any atom is -0.461 e. The molecule has 0 radical (unpaired) electrons. The van der Waals surface area contributed by atoms with Gasteiger partial charge in [0.1, 0.15) is 17.3 Å². The third-order valence-corrected chi connectivity index (χ3v) is 3.42. The van der Waals surface area contributed by atoms with Gasteiger partial charge >= 0.3 is 0 Å². The van der Waals surface area contributed by atoms with Crippen LogP contribution in [0.3, 0.4) is 0 Å². The van der Waals surface area contributed by atoms with Crippen molar-refractivity contribution < 1.29 is 8.81 Å². The minimum atomic E-state index is -0.430. The number of furan rings is 1. The second-order valence-corrected chi connectivity index (χ2v) is 5.36. The van der Waals surface area contributed by atoms with Crippen LogP contribution in [0, 0.1) is 5.82 Å². The molecule has 0 aliphatic rings. The Hall–Kier alpha value is -1.32. The molecule has 0 bridgehead atoms. The zero-order chi connectivity index (χ0) is 14.5. The summed E-state index contributed by atoms with van der Waals surface area (Å²) in [5, 5.41) is 3.53. The lowest BCUT2D eigenvalue weighted by Gasteiger charge is -2.10. The highest BCUT2D eigenvalue weighted by Gasteiger charge is 2.10. The first-order valence-corrected chi connectivity index (χ1v) is 7.25. The molecule has 2 nitrogen and oxygen atoms in total. The van der Waals surface area contributed by atoms with E-state index in [1.54, 1.807) is 12.1 Å². The van der Waals surface area contributed by atoms with Gasteiger partial charge in [-0.05, 0) is 50.2 Å². The van der Waals surface area contributed by atoms with E-state index in [1.807, 2.05) is 12.1 Å². The fourth-order valence-electron chi connectivity index (χ4n) is 2.06. The molecule has 0 aliphatic carbocycles. The molecule has 108 valence electrons. The number of hydrogen-bond donors (Lipinski definition) is 1. The molecule has 1 N–H and O–H groups in total. The monoisotopic (exact) mass is 295 g/mol. The molecule has 2 aromatic rings. The van der Waals surface area contributed by atoms with Crippen molar-refractivity contribution in [3.8, 4) is 11.3 Å². The molecular weight excluding hydrogens is 277 g/mol. The highest BCUT2D eigenvalue weighted by molar-refractivity contribution is 6.30. The Balaban J connectivity index is 2.06. The quantitative estimate of drug-likeness (QED) is 0.838. The molecule has 0 saturated heterocycles. The van der Waals surface area contributed by atoms with Gasteiger partial charge in [-0.25, -0.2) is 4.39 Å². The van der Waals surface area contributed by atoms with Gasteiger partial charge in [-0.1, -0.05) is 18.5 Å². The summed E-state index contributed by atoms with van der Waals surface area (Å²) in [6.45, 7) is 5.26.